The van der Waals surface area contributed by atoms with E-state index in [0.29, 0.717) is 28.8 Å². The summed E-state index contributed by atoms with van der Waals surface area (Å²) < 4.78 is 33.5. The molecular weight excluding hydrogens is 486 g/mol. The first kappa shape index (κ1) is 26.2. The molecule has 0 bridgehead atoms. The van der Waals surface area contributed by atoms with Crippen molar-refractivity contribution in [2.75, 3.05) is 17.5 Å². The topological polar surface area (TPSA) is 88.1 Å². The van der Waals surface area contributed by atoms with Crippen LogP contribution in [-0.2, 0) is 14.8 Å². The maximum absolute atomic E-state index is 13.4. The van der Waals surface area contributed by atoms with E-state index in [1.165, 1.54) is 24.4 Å². The van der Waals surface area contributed by atoms with Crippen molar-refractivity contribution in [3.05, 3.63) is 88.9 Å². The summed E-state index contributed by atoms with van der Waals surface area (Å²) in [4.78, 5) is 12.8. The maximum atomic E-state index is 13.4. The molecular formula is C26H28ClN3O4S. The molecule has 9 heteroatoms. The Balaban J connectivity index is 1.75. The van der Waals surface area contributed by atoms with Gasteiger partial charge in [-0.15, -0.1) is 0 Å². The van der Waals surface area contributed by atoms with Gasteiger partial charge in [0, 0.05) is 5.02 Å². The molecule has 0 spiro atoms. The lowest BCUT2D eigenvalue weighted by molar-refractivity contribution is -0.119. The lowest BCUT2D eigenvalue weighted by atomic mass is 10.2. The summed E-state index contributed by atoms with van der Waals surface area (Å²) in [6, 6.07) is 20.1. The minimum atomic E-state index is -4.03. The van der Waals surface area contributed by atoms with E-state index in [4.69, 9.17) is 16.3 Å². The summed E-state index contributed by atoms with van der Waals surface area (Å²) in [5.41, 5.74) is 4.13. The third-order valence-electron chi connectivity index (χ3n) is 4.92. The molecule has 35 heavy (non-hydrogen) atoms. The van der Waals surface area contributed by atoms with Crippen LogP contribution in [0.5, 0.6) is 5.75 Å². The molecule has 7 nitrogen and oxygen atoms in total. The average Bonchev–Trinajstić information content (AvgIpc) is 2.84. The first-order chi connectivity index (χ1) is 16.7. The Morgan fingerprint density at radius 3 is 2.43 bits per heavy atom. The van der Waals surface area contributed by atoms with Crippen LogP contribution in [0.15, 0.2) is 82.8 Å². The van der Waals surface area contributed by atoms with Crippen molar-refractivity contribution in [1.82, 2.24) is 5.43 Å². The van der Waals surface area contributed by atoms with Gasteiger partial charge in [-0.25, -0.2) is 13.8 Å². The third kappa shape index (κ3) is 7.31. The second-order valence-electron chi connectivity index (χ2n) is 8.32. The van der Waals surface area contributed by atoms with E-state index < -0.39 is 22.5 Å². The summed E-state index contributed by atoms with van der Waals surface area (Å²) in [5, 5.41) is 4.33. The number of nitrogens with one attached hydrogen (secondary N) is 1. The smallest absolute Gasteiger partial charge is 0.264 e. The Morgan fingerprint density at radius 1 is 1.09 bits per heavy atom. The number of ether oxygens (including phenoxy) is 1. The van der Waals surface area contributed by atoms with Gasteiger partial charge in [-0.2, -0.15) is 5.10 Å². The van der Waals surface area contributed by atoms with Gasteiger partial charge in [0.2, 0.25) is 0 Å². The fraction of sp³-hybridized carbons (Fsp3) is 0.231. The number of nitrogens with zero attached hydrogens (tertiary/aromatic N) is 2. The normalized spacial score (nSPS) is 11.6. The van der Waals surface area contributed by atoms with Crippen molar-refractivity contribution in [1.29, 1.82) is 0 Å². The largest absolute Gasteiger partial charge is 0.493 e. The van der Waals surface area contributed by atoms with Crippen molar-refractivity contribution >= 4 is 39.4 Å². The van der Waals surface area contributed by atoms with Crippen LogP contribution in [0.25, 0.3) is 0 Å². The molecule has 3 aromatic carbocycles. The van der Waals surface area contributed by atoms with Gasteiger partial charge in [-0.05, 0) is 72.5 Å². The van der Waals surface area contributed by atoms with Crippen LogP contribution in [0.2, 0.25) is 5.02 Å². The number of carbonyl (C=O) groups excluding carboxylic acids is 1. The van der Waals surface area contributed by atoms with Crippen LogP contribution in [0.1, 0.15) is 25.0 Å². The third-order valence-corrected chi connectivity index (χ3v) is 6.93. The molecule has 0 saturated heterocycles. The molecule has 0 saturated carbocycles. The highest BCUT2D eigenvalue weighted by Gasteiger charge is 2.28. The van der Waals surface area contributed by atoms with E-state index in [1.54, 1.807) is 37.3 Å². The van der Waals surface area contributed by atoms with Gasteiger partial charge in [0.1, 0.15) is 12.3 Å². The molecule has 0 aliphatic heterocycles. The number of carbonyl (C=O) groups is 1. The van der Waals surface area contributed by atoms with E-state index in [0.717, 1.165) is 15.6 Å². The Kier molecular flexibility index (Phi) is 8.89. The summed E-state index contributed by atoms with van der Waals surface area (Å²) in [6.07, 6.45) is 1.48. The zero-order valence-corrected chi connectivity index (χ0v) is 21.4. The second-order valence-corrected chi connectivity index (χ2v) is 10.6. The molecule has 184 valence electrons. The van der Waals surface area contributed by atoms with E-state index in [-0.39, 0.29) is 4.90 Å². The van der Waals surface area contributed by atoms with Crippen LogP contribution in [0.3, 0.4) is 0 Å². The highest BCUT2D eigenvalue weighted by Crippen LogP contribution is 2.29. The molecule has 0 unspecified atom stereocenters. The quantitative estimate of drug-likeness (QED) is 0.304. The van der Waals surface area contributed by atoms with Crippen molar-refractivity contribution in [2.45, 2.75) is 25.7 Å². The van der Waals surface area contributed by atoms with Crippen LogP contribution in [0, 0.1) is 12.8 Å². The number of aryl methyl sites for hydroxylation is 1. The van der Waals surface area contributed by atoms with Crippen molar-refractivity contribution in [3.63, 3.8) is 0 Å². The lowest BCUT2D eigenvalue weighted by Gasteiger charge is -2.25. The number of halogens is 1. The molecule has 3 rings (SSSR count). The molecule has 0 radical (unpaired) electrons. The van der Waals surface area contributed by atoms with E-state index in [1.807, 2.05) is 24.3 Å². The predicted molar refractivity (Wildman–Crippen MR) is 140 cm³/mol. The molecule has 0 heterocycles. The summed E-state index contributed by atoms with van der Waals surface area (Å²) in [5.74, 6) is 0.572. The lowest BCUT2D eigenvalue weighted by Crippen LogP contribution is -2.40. The van der Waals surface area contributed by atoms with Crippen LogP contribution < -0.4 is 14.5 Å². The number of benzene rings is 3. The first-order valence-electron chi connectivity index (χ1n) is 11.1. The standard InChI is InChI=1S/C26H28ClN3O4S/c1-19(2)18-34-23-13-10-21(11-14-23)16-28-29-26(31)17-30(25-15-22(27)12-9-20(25)3)35(32,33)24-7-5-4-6-8-24/h4-16,19H,17-18H2,1-3H3,(H,29,31)/b28-16-. The molecule has 0 aliphatic rings. The summed E-state index contributed by atoms with van der Waals surface area (Å²) >= 11 is 6.14. The second kappa shape index (κ2) is 11.9. The average molecular weight is 514 g/mol. The summed E-state index contributed by atoms with van der Waals surface area (Å²) in [6.45, 7) is 6.05. The molecule has 1 amide bonds. The van der Waals surface area contributed by atoms with Crippen molar-refractivity contribution in [3.8, 4) is 5.75 Å². The fourth-order valence-electron chi connectivity index (χ4n) is 3.13. The zero-order chi connectivity index (χ0) is 25.4. The van der Waals surface area contributed by atoms with Gasteiger partial charge >= 0.3 is 0 Å². The van der Waals surface area contributed by atoms with Crippen molar-refractivity contribution < 1.29 is 17.9 Å². The number of hydrogen-bond acceptors (Lipinski definition) is 5. The molecule has 1 N–H and O–H groups in total. The highest BCUT2D eigenvalue weighted by molar-refractivity contribution is 7.92. The van der Waals surface area contributed by atoms with Crippen LogP contribution in [-0.4, -0.2) is 33.7 Å². The Hall–Kier alpha value is -3.36. The number of hydrogen-bond donors (Lipinski definition) is 1. The molecule has 0 aliphatic carbocycles. The molecule has 0 fully saturated rings. The number of hydrazone groups is 1. The van der Waals surface area contributed by atoms with Gasteiger partial charge in [0.15, 0.2) is 0 Å². The minimum Gasteiger partial charge on any atom is -0.493 e. The zero-order valence-electron chi connectivity index (χ0n) is 19.8. The van der Waals surface area contributed by atoms with Gasteiger partial charge in [0.05, 0.1) is 23.4 Å². The predicted octanol–water partition coefficient (Wildman–Crippen LogP) is 5.03. The van der Waals surface area contributed by atoms with Crippen LogP contribution in [0.4, 0.5) is 5.69 Å². The summed E-state index contributed by atoms with van der Waals surface area (Å²) in [7, 11) is -4.03. The Morgan fingerprint density at radius 2 is 1.77 bits per heavy atom. The molecule has 0 atom stereocenters. The monoisotopic (exact) mass is 513 g/mol. The number of rotatable bonds is 10. The molecule has 0 aromatic heterocycles. The van der Waals surface area contributed by atoms with Crippen LogP contribution >= 0.6 is 11.6 Å². The van der Waals surface area contributed by atoms with Gasteiger partial charge in [0.25, 0.3) is 15.9 Å². The maximum Gasteiger partial charge on any atom is 0.264 e. The SMILES string of the molecule is Cc1ccc(Cl)cc1N(CC(=O)N/N=C\c1ccc(OCC(C)C)cc1)S(=O)(=O)c1ccccc1. The Bertz CT molecular complexity index is 1280. The van der Waals surface area contributed by atoms with Gasteiger partial charge in [-0.1, -0.05) is 49.7 Å². The molecule has 3 aromatic rings. The van der Waals surface area contributed by atoms with Gasteiger partial charge in [-0.3, -0.25) is 9.10 Å². The highest BCUT2D eigenvalue weighted by atomic mass is 35.5. The minimum absolute atomic E-state index is 0.0652. The number of sulfonamides is 1. The van der Waals surface area contributed by atoms with E-state index >= 15 is 0 Å². The van der Waals surface area contributed by atoms with Gasteiger partial charge < -0.3 is 4.74 Å². The van der Waals surface area contributed by atoms with Crippen molar-refractivity contribution in [2.24, 2.45) is 11.0 Å². The first-order valence-corrected chi connectivity index (χ1v) is 12.9. The number of anilines is 1. The number of amides is 1. The van der Waals surface area contributed by atoms with E-state index in [2.05, 4.69) is 24.4 Å². The Labute approximate surface area is 211 Å². The fourth-order valence-corrected chi connectivity index (χ4v) is 4.79. The van der Waals surface area contributed by atoms with E-state index in [9.17, 15) is 13.2 Å².